The third-order valence-corrected chi connectivity index (χ3v) is 3.79. The lowest BCUT2D eigenvalue weighted by Gasteiger charge is -2.32. The first-order valence-corrected chi connectivity index (χ1v) is 6.78. The summed E-state index contributed by atoms with van der Waals surface area (Å²) in [6.45, 7) is 4.78. The van der Waals surface area contributed by atoms with Crippen LogP contribution in [0, 0.1) is 0 Å². The van der Waals surface area contributed by atoms with Gasteiger partial charge in [-0.2, -0.15) is 0 Å². The Hall–Kier alpha value is -0.910. The summed E-state index contributed by atoms with van der Waals surface area (Å²) in [7, 11) is 2.11. The molecule has 0 bridgehead atoms. The molecule has 1 N–H and O–H groups in total. The molecule has 18 heavy (non-hydrogen) atoms. The van der Waals surface area contributed by atoms with E-state index in [1.807, 2.05) is 12.1 Å². The summed E-state index contributed by atoms with van der Waals surface area (Å²) in [6, 6.07) is 5.47. The molecule has 5 heteroatoms. The number of aromatic carboxylic acids is 1. The van der Waals surface area contributed by atoms with E-state index in [9.17, 15) is 9.90 Å². The van der Waals surface area contributed by atoms with Crippen molar-refractivity contribution in [2.24, 2.45) is 0 Å². The number of nitrogens with zero attached hydrogens (tertiary/aromatic N) is 2. The Labute approximate surface area is 115 Å². The quantitative estimate of drug-likeness (QED) is 0.925. The molecular formula is C13H17BrN2O2. The molecule has 0 aliphatic carbocycles. The van der Waals surface area contributed by atoms with Crippen LogP contribution in [0.1, 0.15) is 15.9 Å². The fraction of sp³-hybridized carbons (Fsp3) is 0.462. The van der Waals surface area contributed by atoms with Crippen molar-refractivity contribution >= 4 is 21.9 Å². The second-order valence-electron chi connectivity index (χ2n) is 4.69. The van der Waals surface area contributed by atoms with Crippen molar-refractivity contribution in [3.63, 3.8) is 0 Å². The smallest absolute Gasteiger partial charge is 0.336 e. The summed E-state index contributed by atoms with van der Waals surface area (Å²) in [5.74, 6) is -0.861. The second kappa shape index (κ2) is 5.82. The lowest BCUT2D eigenvalue weighted by atomic mass is 10.1. The zero-order valence-corrected chi connectivity index (χ0v) is 12.0. The van der Waals surface area contributed by atoms with Crippen LogP contribution in [0.5, 0.6) is 0 Å². The molecule has 0 radical (unpaired) electrons. The van der Waals surface area contributed by atoms with Crippen LogP contribution >= 0.6 is 15.9 Å². The van der Waals surface area contributed by atoms with E-state index in [-0.39, 0.29) is 0 Å². The highest BCUT2D eigenvalue weighted by Crippen LogP contribution is 2.19. The van der Waals surface area contributed by atoms with Gasteiger partial charge < -0.3 is 10.0 Å². The Morgan fingerprint density at radius 1 is 1.33 bits per heavy atom. The largest absolute Gasteiger partial charge is 0.478 e. The van der Waals surface area contributed by atoms with Crippen LogP contribution in [0.15, 0.2) is 22.7 Å². The van der Waals surface area contributed by atoms with Gasteiger partial charge >= 0.3 is 5.97 Å². The predicted molar refractivity (Wildman–Crippen MR) is 73.9 cm³/mol. The monoisotopic (exact) mass is 312 g/mol. The summed E-state index contributed by atoms with van der Waals surface area (Å²) in [4.78, 5) is 15.8. The molecule has 1 aromatic rings. The predicted octanol–water partition coefficient (Wildman–Crippen LogP) is 1.89. The van der Waals surface area contributed by atoms with Crippen molar-refractivity contribution in [2.75, 3.05) is 33.2 Å². The molecule has 1 aliphatic heterocycles. The van der Waals surface area contributed by atoms with Crippen LogP contribution in [0.3, 0.4) is 0 Å². The molecule has 1 saturated heterocycles. The highest BCUT2D eigenvalue weighted by Gasteiger charge is 2.17. The van der Waals surface area contributed by atoms with E-state index >= 15 is 0 Å². The molecular weight excluding hydrogens is 296 g/mol. The fourth-order valence-corrected chi connectivity index (χ4v) is 2.49. The molecule has 2 rings (SSSR count). The number of carboxylic acid groups (broad SMARTS) is 1. The van der Waals surface area contributed by atoms with Gasteiger partial charge in [0.1, 0.15) is 0 Å². The van der Waals surface area contributed by atoms with Gasteiger partial charge in [0.15, 0.2) is 0 Å². The second-order valence-corrected chi connectivity index (χ2v) is 5.60. The Bertz CT molecular complexity index is 443. The third-order valence-electron chi connectivity index (χ3n) is 3.29. The van der Waals surface area contributed by atoms with E-state index in [1.54, 1.807) is 6.07 Å². The van der Waals surface area contributed by atoms with Crippen LogP contribution in [-0.2, 0) is 6.54 Å². The summed E-state index contributed by atoms with van der Waals surface area (Å²) in [5, 5.41) is 9.21. The molecule has 1 heterocycles. The molecule has 0 amide bonds. The lowest BCUT2D eigenvalue weighted by Crippen LogP contribution is -2.44. The summed E-state index contributed by atoms with van der Waals surface area (Å²) >= 11 is 3.31. The first kappa shape index (κ1) is 13.5. The number of carboxylic acids is 1. The van der Waals surface area contributed by atoms with Crippen LogP contribution in [0.4, 0.5) is 0 Å². The molecule has 4 nitrogen and oxygen atoms in total. The third kappa shape index (κ3) is 3.31. The number of piperazine rings is 1. The summed E-state index contributed by atoms with van der Waals surface area (Å²) in [6.07, 6.45) is 0. The summed E-state index contributed by atoms with van der Waals surface area (Å²) in [5.41, 5.74) is 1.28. The zero-order valence-electron chi connectivity index (χ0n) is 10.4. The van der Waals surface area contributed by atoms with Gasteiger partial charge in [0.25, 0.3) is 0 Å². The number of hydrogen-bond donors (Lipinski definition) is 1. The van der Waals surface area contributed by atoms with Crippen molar-refractivity contribution in [2.45, 2.75) is 6.54 Å². The molecule has 98 valence electrons. The Morgan fingerprint density at radius 3 is 2.61 bits per heavy atom. The van der Waals surface area contributed by atoms with Gasteiger partial charge in [-0.3, -0.25) is 4.90 Å². The van der Waals surface area contributed by atoms with Crippen LogP contribution in [-0.4, -0.2) is 54.1 Å². The van der Waals surface area contributed by atoms with Crippen molar-refractivity contribution in [3.05, 3.63) is 33.8 Å². The van der Waals surface area contributed by atoms with E-state index in [0.717, 1.165) is 36.2 Å². The molecule has 1 aromatic carbocycles. The first-order valence-electron chi connectivity index (χ1n) is 5.99. The molecule has 0 aromatic heterocycles. The highest BCUT2D eigenvalue weighted by atomic mass is 79.9. The van der Waals surface area contributed by atoms with Crippen molar-refractivity contribution in [1.29, 1.82) is 0 Å². The normalized spacial score (nSPS) is 17.9. The van der Waals surface area contributed by atoms with Gasteiger partial charge in [0.05, 0.1) is 5.56 Å². The lowest BCUT2D eigenvalue weighted by molar-refractivity contribution is 0.0693. The number of hydrogen-bond acceptors (Lipinski definition) is 3. The van der Waals surface area contributed by atoms with E-state index in [1.165, 1.54) is 0 Å². The summed E-state index contributed by atoms with van der Waals surface area (Å²) < 4.78 is 0.807. The minimum atomic E-state index is -0.861. The van der Waals surface area contributed by atoms with Crippen LogP contribution in [0.25, 0.3) is 0 Å². The van der Waals surface area contributed by atoms with Gasteiger partial charge in [-0.25, -0.2) is 4.79 Å². The van der Waals surface area contributed by atoms with Crippen molar-refractivity contribution in [1.82, 2.24) is 9.80 Å². The maximum absolute atomic E-state index is 11.2. The number of rotatable bonds is 3. The van der Waals surface area contributed by atoms with Gasteiger partial charge in [0.2, 0.25) is 0 Å². The van der Waals surface area contributed by atoms with E-state index in [0.29, 0.717) is 12.1 Å². The highest BCUT2D eigenvalue weighted by molar-refractivity contribution is 9.10. The van der Waals surface area contributed by atoms with Crippen LogP contribution in [0.2, 0.25) is 0 Å². The van der Waals surface area contributed by atoms with Gasteiger partial charge in [-0.1, -0.05) is 22.0 Å². The van der Waals surface area contributed by atoms with Crippen molar-refractivity contribution in [3.8, 4) is 0 Å². The minimum Gasteiger partial charge on any atom is -0.478 e. The van der Waals surface area contributed by atoms with E-state index in [2.05, 4.69) is 32.8 Å². The zero-order chi connectivity index (χ0) is 13.1. The van der Waals surface area contributed by atoms with E-state index < -0.39 is 5.97 Å². The maximum atomic E-state index is 11.2. The number of carbonyl (C=O) groups is 1. The van der Waals surface area contributed by atoms with Gasteiger partial charge in [0, 0.05) is 37.2 Å². The van der Waals surface area contributed by atoms with Gasteiger partial charge in [-0.15, -0.1) is 0 Å². The Balaban J connectivity index is 2.11. The SMILES string of the molecule is CN1CCN(Cc2ccc(Br)cc2C(=O)O)CC1. The molecule has 0 saturated carbocycles. The van der Waals surface area contributed by atoms with Gasteiger partial charge in [-0.05, 0) is 24.7 Å². The number of likely N-dealkylation sites (N-methyl/N-ethyl adjacent to an activating group) is 1. The van der Waals surface area contributed by atoms with E-state index in [4.69, 9.17) is 0 Å². The fourth-order valence-electron chi connectivity index (χ4n) is 2.13. The molecule has 0 unspecified atom stereocenters. The first-order chi connectivity index (χ1) is 8.56. The topological polar surface area (TPSA) is 43.8 Å². The number of benzene rings is 1. The molecule has 0 spiro atoms. The minimum absolute atomic E-state index is 0.392. The Morgan fingerprint density at radius 2 is 2.00 bits per heavy atom. The standard InChI is InChI=1S/C13H17BrN2O2/c1-15-4-6-16(7-5-15)9-10-2-3-11(14)8-12(10)13(17)18/h2-3,8H,4-7,9H2,1H3,(H,17,18). The molecule has 1 fully saturated rings. The molecule has 1 aliphatic rings. The Kier molecular flexibility index (Phi) is 4.37. The van der Waals surface area contributed by atoms with Crippen molar-refractivity contribution < 1.29 is 9.90 Å². The van der Waals surface area contributed by atoms with Crippen LogP contribution < -0.4 is 0 Å². The number of halogens is 1. The average molecular weight is 313 g/mol. The molecule has 0 atom stereocenters. The maximum Gasteiger partial charge on any atom is 0.336 e. The average Bonchev–Trinajstić information content (AvgIpc) is 2.34.